The summed E-state index contributed by atoms with van der Waals surface area (Å²) in [7, 11) is 3.86. The summed E-state index contributed by atoms with van der Waals surface area (Å²) in [6.07, 6.45) is 0.773. The number of nitrogens with one attached hydrogen (secondary N) is 2. The molecule has 1 rings (SSSR count). The Morgan fingerprint density at radius 3 is 2.65 bits per heavy atom. The molecule has 2 amide bonds. The molecule has 0 aliphatic carbocycles. The van der Waals surface area contributed by atoms with E-state index in [4.69, 9.17) is 5.11 Å². The number of carbonyl (C=O) groups excluding carboxylic acids is 1. The van der Waals surface area contributed by atoms with E-state index in [1.165, 1.54) is 6.07 Å². The highest BCUT2D eigenvalue weighted by atomic mass is 19.1. The minimum absolute atomic E-state index is 0.0593. The molecule has 6 nitrogen and oxygen atoms in total. The van der Waals surface area contributed by atoms with Gasteiger partial charge in [0.05, 0.1) is 11.3 Å². The molecule has 7 heteroatoms. The SMILES string of the molecule is CN(C)CCCNC(=O)Nc1ccc(F)cc1C(=O)O. The van der Waals surface area contributed by atoms with Gasteiger partial charge in [-0.2, -0.15) is 0 Å². The van der Waals surface area contributed by atoms with Crippen LogP contribution in [0.2, 0.25) is 0 Å². The molecule has 0 atom stereocenters. The Kier molecular flexibility index (Phi) is 5.92. The summed E-state index contributed by atoms with van der Waals surface area (Å²) in [4.78, 5) is 24.5. The van der Waals surface area contributed by atoms with Crippen molar-refractivity contribution < 1.29 is 19.1 Å². The van der Waals surface area contributed by atoms with Crippen LogP contribution < -0.4 is 10.6 Å². The van der Waals surface area contributed by atoms with E-state index in [1.54, 1.807) is 0 Å². The van der Waals surface area contributed by atoms with Gasteiger partial charge in [-0.15, -0.1) is 0 Å². The number of anilines is 1. The molecule has 110 valence electrons. The maximum absolute atomic E-state index is 13.0. The fourth-order valence-electron chi connectivity index (χ4n) is 1.57. The summed E-state index contributed by atoms with van der Waals surface area (Å²) in [5.41, 5.74) is -0.225. The highest BCUT2D eigenvalue weighted by molar-refractivity contribution is 5.99. The lowest BCUT2D eigenvalue weighted by atomic mass is 10.2. The number of benzene rings is 1. The number of carbonyl (C=O) groups is 2. The summed E-state index contributed by atoms with van der Waals surface area (Å²) in [5, 5.41) is 13.9. The highest BCUT2D eigenvalue weighted by Crippen LogP contribution is 2.16. The molecule has 0 heterocycles. The van der Waals surface area contributed by atoms with Crippen LogP contribution in [0.3, 0.4) is 0 Å². The minimum Gasteiger partial charge on any atom is -0.478 e. The third-order valence-electron chi connectivity index (χ3n) is 2.53. The zero-order valence-corrected chi connectivity index (χ0v) is 11.4. The molecular formula is C13H18FN3O3. The summed E-state index contributed by atoms with van der Waals surface area (Å²) in [5.74, 6) is -1.97. The third-order valence-corrected chi connectivity index (χ3v) is 2.53. The van der Waals surface area contributed by atoms with Crippen molar-refractivity contribution >= 4 is 17.7 Å². The zero-order chi connectivity index (χ0) is 15.1. The second-order valence-electron chi connectivity index (χ2n) is 4.53. The van der Waals surface area contributed by atoms with Crippen LogP contribution in [0, 0.1) is 5.82 Å². The van der Waals surface area contributed by atoms with E-state index in [0.29, 0.717) is 6.54 Å². The van der Waals surface area contributed by atoms with Crippen LogP contribution in [0.5, 0.6) is 0 Å². The number of amides is 2. The fraction of sp³-hybridized carbons (Fsp3) is 0.385. The van der Waals surface area contributed by atoms with Gasteiger partial charge in [-0.25, -0.2) is 14.0 Å². The predicted molar refractivity (Wildman–Crippen MR) is 73.6 cm³/mol. The predicted octanol–water partition coefficient (Wildman–Crippen LogP) is 1.60. The number of hydrogen-bond donors (Lipinski definition) is 3. The van der Waals surface area contributed by atoms with Gasteiger partial charge >= 0.3 is 12.0 Å². The maximum atomic E-state index is 13.0. The molecule has 0 aromatic heterocycles. The van der Waals surface area contributed by atoms with Crippen molar-refractivity contribution in [3.05, 3.63) is 29.6 Å². The van der Waals surface area contributed by atoms with Gasteiger partial charge in [0.15, 0.2) is 0 Å². The molecule has 1 aromatic carbocycles. The van der Waals surface area contributed by atoms with Gasteiger partial charge in [-0.05, 0) is 45.3 Å². The van der Waals surface area contributed by atoms with Crippen molar-refractivity contribution in [2.75, 3.05) is 32.5 Å². The van der Waals surface area contributed by atoms with Crippen molar-refractivity contribution in [1.29, 1.82) is 0 Å². The Labute approximate surface area is 116 Å². The van der Waals surface area contributed by atoms with Gasteiger partial charge in [-0.3, -0.25) is 0 Å². The van der Waals surface area contributed by atoms with Gasteiger partial charge in [0.1, 0.15) is 5.82 Å². The minimum atomic E-state index is -1.30. The van der Waals surface area contributed by atoms with E-state index >= 15 is 0 Å². The van der Waals surface area contributed by atoms with E-state index in [0.717, 1.165) is 25.1 Å². The van der Waals surface area contributed by atoms with Crippen LogP contribution in [0.25, 0.3) is 0 Å². The van der Waals surface area contributed by atoms with Gasteiger partial charge in [0.25, 0.3) is 0 Å². The van der Waals surface area contributed by atoms with Crippen LogP contribution >= 0.6 is 0 Å². The second kappa shape index (κ2) is 7.44. The molecular weight excluding hydrogens is 265 g/mol. The Bertz CT molecular complexity index is 492. The number of carboxylic acid groups (broad SMARTS) is 1. The molecule has 0 aliphatic heterocycles. The molecule has 0 radical (unpaired) electrons. The number of rotatable bonds is 6. The van der Waals surface area contributed by atoms with Gasteiger partial charge < -0.3 is 20.6 Å². The number of urea groups is 1. The molecule has 0 saturated heterocycles. The summed E-state index contributed by atoms with van der Waals surface area (Å²) < 4.78 is 13.0. The first-order chi connectivity index (χ1) is 9.40. The maximum Gasteiger partial charge on any atom is 0.337 e. The second-order valence-corrected chi connectivity index (χ2v) is 4.53. The van der Waals surface area contributed by atoms with E-state index < -0.39 is 17.8 Å². The first-order valence-corrected chi connectivity index (χ1v) is 6.12. The topological polar surface area (TPSA) is 81.7 Å². The molecule has 0 saturated carbocycles. The fourth-order valence-corrected chi connectivity index (χ4v) is 1.57. The van der Waals surface area contributed by atoms with Crippen molar-refractivity contribution in [1.82, 2.24) is 10.2 Å². The van der Waals surface area contributed by atoms with E-state index in [2.05, 4.69) is 10.6 Å². The van der Waals surface area contributed by atoms with Gasteiger partial charge in [-0.1, -0.05) is 0 Å². The number of halogens is 1. The molecule has 1 aromatic rings. The first kappa shape index (κ1) is 15.9. The Hall–Kier alpha value is -2.15. The van der Waals surface area contributed by atoms with Crippen LogP contribution in [0.15, 0.2) is 18.2 Å². The van der Waals surface area contributed by atoms with E-state index in [-0.39, 0.29) is 11.3 Å². The van der Waals surface area contributed by atoms with E-state index in [1.807, 2.05) is 19.0 Å². The molecule has 0 spiro atoms. The Morgan fingerprint density at radius 1 is 1.35 bits per heavy atom. The van der Waals surface area contributed by atoms with Gasteiger partial charge in [0.2, 0.25) is 0 Å². The van der Waals surface area contributed by atoms with Crippen molar-refractivity contribution in [2.45, 2.75) is 6.42 Å². The smallest absolute Gasteiger partial charge is 0.337 e. The van der Waals surface area contributed by atoms with Crippen LogP contribution in [0.4, 0.5) is 14.9 Å². The summed E-state index contributed by atoms with van der Waals surface area (Å²) in [6, 6.07) is 2.66. The van der Waals surface area contributed by atoms with Crippen molar-refractivity contribution in [2.24, 2.45) is 0 Å². The highest BCUT2D eigenvalue weighted by Gasteiger charge is 2.13. The number of nitrogens with zero attached hydrogens (tertiary/aromatic N) is 1. The molecule has 20 heavy (non-hydrogen) atoms. The molecule has 3 N–H and O–H groups in total. The van der Waals surface area contributed by atoms with E-state index in [9.17, 15) is 14.0 Å². The monoisotopic (exact) mass is 283 g/mol. The zero-order valence-electron chi connectivity index (χ0n) is 11.4. The van der Waals surface area contributed by atoms with Gasteiger partial charge in [0, 0.05) is 6.54 Å². The quantitative estimate of drug-likeness (QED) is 0.693. The Balaban J connectivity index is 2.55. The average molecular weight is 283 g/mol. The van der Waals surface area contributed by atoms with Crippen molar-refractivity contribution in [3.63, 3.8) is 0 Å². The number of aromatic carboxylic acids is 1. The largest absolute Gasteiger partial charge is 0.478 e. The van der Waals surface area contributed by atoms with Crippen LogP contribution in [-0.4, -0.2) is 49.2 Å². The molecule has 0 aliphatic rings. The van der Waals surface area contributed by atoms with Crippen LogP contribution in [-0.2, 0) is 0 Å². The summed E-state index contributed by atoms with van der Waals surface area (Å²) in [6.45, 7) is 1.30. The standard InChI is InChI=1S/C13H18FN3O3/c1-17(2)7-3-6-15-13(20)16-11-5-4-9(14)8-10(11)12(18)19/h4-5,8H,3,6-7H2,1-2H3,(H,18,19)(H2,15,16,20). The number of hydrogen-bond acceptors (Lipinski definition) is 3. The first-order valence-electron chi connectivity index (χ1n) is 6.12. The molecule has 0 bridgehead atoms. The lowest BCUT2D eigenvalue weighted by Gasteiger charge is -2.11. The molecule has 0 unspecified atom stereocenters. The van der Waals surface area contributed by atoms with Crippen molar-refractivity contribution in [3.8, 4) is 0 Å². The third kappa shape index (κ3) is 5.23. The lowest BCUT2D eigenvalue weighted by molar-refractivity contribution is 0.0697. The summed E-state index contributed by atoms with van der Waals surface area (Å²) >= 11 is 0. The Morgan fingerprint density at radius 2 is 2.05 bits per heavy atom. The van der Waals surface area contributed by atoms with Crippen LogP contribution in [0.1, 0.15) is 16.8 Å². The number of carboxylic acids is 1. The average Bonchev–Trinajstić information content (AvgIpc) is 2.36. The normalized spacial score (nSPS) is 10.4. The molecule has 0 fully saturated rings. The lowest BCUT2D eigenvalue weighted by Crippen LogP contribution is -2.31.